The van der Waals surface area contributed by atoms with Crippen LogP contribution in [0.5, 0.6) is 0 Å². The number of hydrogen-bond acceptors (Lipinski definition) is 4. The van der Waals surface area contributed by atoms with E-state index in [0.717, 1.165) is 38.7 Å². The first-order valence-electron chi connectivity index (χ1n) is 8.77. The Kier molecular flexibility index (Phi) is 7.31. The fourth-order valence-corrected chi connectivity index (χ4v) is 3.45. The molecule has 1 aliphatic rings. The van der Waals surface area contributed by atoms with E-state index >= 15 is 0 Å². The molecule has 1 heterocycles. The molecule has 25 heavy (non-hydrogen) atoms. The average molecular weight is 346 g/mol. The summed E-state index contributed by atoms with van der Waals surface area (Å²) >= 11 is 0. The maximum atomic E-state index is 14.1. The highest BCUT2D eigenvalue weighted by Crippen LogP contribution is 2.28. The molecule has 1 fully saturated rings. The molecule has 0 saturated carbocycles. The van der Waals surface area contributed by atoms with Crippen LogP contribution in [-0.4, -0.2) is 42.5 Å². The summed E-state index contributed by atoms with van der Waals surface area (Å²) in [5.74, 6) is -1.17. The molecule has 0 spiro atoms. The maximum absolute atomic E-state index is 14.1. The zero-order chi connectivity index (χ0) is 18.2. The standard InChI is InChI=1S/C19H24F2N4/c1-2-19(17-6-5-16(20)12-18(17)21)25-10-8-24(9-11-25)14-15(13-23)4-3-7-22/h5-6,12,15,19H,2-4,8-11,14H2,1H3/t15-,19-/m0/s1. The summed E-state index contributed by atoms with van der Waals surface area (Å²) in [5.41, 5.74) is 0.543. The molecule has 2 atom stereocenters. The molecule has 6 heteroatoms. The fraction of sp³-hybridized carbons (Fsp3) is 0.579. The van der Waals surface area contributed by atoms with Gasteiger partial charge in [0.2, 0.25) is 0 Å². The molecular weight excluding hydrogens is 322 g/mol. The van der Waals surface area contributed by atoms with Crippen molar-refractivity contribution in [2.24, 2.45) is 5.92 Å². The highest BCUT2D eigenvalue weighted by atomic mass is 19.1. The van der Waals surface area contributed by atoms with Gasteiger partial charge in [-0.1, -0.05) is 13.0 Å². The first-order valence-corrected chi connectivity index (χ1v) is 8.77. The molecule has 134 valence electrons. The fourth-order valence-electron chi connectivity index (χ4n) is 3.45. The van der Waals surface area contributed by atoms with E-state index in [1.165, 1.54) is 6.07 Å². The van der Waals surface area contributed by atoms with Crippen LogP contribution in [-0.2, 0) is 0 Å². The van der Waals surface area contributed by atoms with Crippen LogP contribution in [0, 0.1) is 40.2 Å². The molecule has 0 amide bonds. The number of nitrogens with zero attached hydrogens (tertiary/aromatic N) is 4. The van der Waals surface area contributed by atoms with Crippen LogP contribution in [0.2, 0.25) is 0 Å². The second-order valence-electron chi connectivity index (χ2n) is 6.45. The molecule has 0 bridgehead atoms. The zero-order valence-electron chi connectivity index (χ0n) is 14.6. The predicted molar refractivity (Wildman–Crippen MR) is 91.4 cm³/mol. The summed E-state index contributed by atoms with van der Waals surface area (Å²) in [6.45, 7) is 5.87. The van der Waals surface area contributed by atoms with Crippen LogP contribution < -0.4 is 0 Å². The molecular formula is C19H24F2N4. The van der Waals surface area contributed by atoms with Crippen LogP contribution in [0.1, 0.15) is 37.8 Å². The van der Waals surface area contributed by atoms with E-state index in [0.29, 0.717) is 24.9 Å². The van der Waals surface area contributed by atoms with E-state index in [1.807, 2.05) is 6.92 Å². The second kappa shape index (κ2) is 9.46. The van der Waals surface area contributed by atoms with E-state index < -0.39 is 11.6 Å². The van der Waals surface area contributed by atoms with Gasteiger partial charge in [-0.15, -0.1) is 0 Å². The third-order valence-corrected chi connectivity index (χ3v) is 4.82. The van der Waals surface area contributed by atoms with Crippen molar-refractivity contribution in [1.29, 1.82) is 10.5 Å². The van der Waals surface area contributed by atoms with Gasteiger partial charge in [0.15, 0.2) is 0 Å². The Labute approximate surface area is 148 Å². The monoisotopic (exact) mass is 346 g/mol. The van der Waals surface area contributed by atoms with Gasteiger partial charge in [0.25, 0.3) is 0 Å². The maximum Gasteiger partial charge on any atom is 0.130 e. The minimum Gasteiger partial charge on any atom is -0.299 e. The van der Waals surface area contributed by atoms with Gasteiger partial charge in [-0.25, -0.2) is 8.78 Å². The predicted octanol–water partition coefficient (Wildman–Crippen LogP) is 3.48. The molecule has 0 N–H and O–H groups in total. The number of nitriles is 2. The molecule has 0 aromatic heterocycles. The molecule has 0 aliphatic carbocycles. The van der Waals surface area contributed by atoms with E-state index in [4.69, 9.17) is 5.26 Å². The lowest BCUT2D eigenvalue weighted by Crippen LogP contribution is -2.48. The van der Waals surface area contributed by atoms with Gasteiger partial charge in [0.1, 0.15) is 11.6 Å². The Morgan fingerprint density at radius 3 is 2.44 bits per heavy atom. The highest BCUT2D eigenvalue weighted by molar-refractivity contribution is 5.22. The van der Waals surface area contributed by atoms with Gasteiger partial charge in [0.05, 0.1) is 18.1 Å². The van der Waals surface area contributed by atoms with Crippen molar-refractivity contribution >= 4 is 0 Å². The number of benzene rings is 1. The lowest BCUT2D eigenvalue weighted by atomic mass is 10.0. The minimum absolute atomic E-state index is 0.0619. The Morgan fingerprint density at radius 1 is 1.16 bits per heavy atom. The minimum atomic E-state index is -0.555. The van der Waals surface area contributed by atoms with E-state index in [9.17, 15) is 14.0 Å². The molecule has 1 aromatic rings. The quantitative estimate of drug-likeness (QED) is 0.758. The third-order valence-electron chi connectivity index (χ3n) is 4.82. The lowest BCUT2D eigenvalue weighted by Gasteiger charge is -2.39. The summed E-state index contributed by atoms with van der Waals surface area (Å²) in [5, 5.41) is 17.8. The Hall–Kier alpha value is -2.02. The van der Waals surface area contributed by atoms with Gasteiger partial charge in [-0.05, 0) is 18.9 Å². The molecule has 0 unspecified atom stereocenters. The molecule has 2 rings (SSSR count). The van der Waals surface area contributed by atoms with Gasteiger partial charge >= 0.3 is 0 Å². The number of piperazine rings is 1. The van der Waals surface area contributed by atoms with Crippen molar-refractivity contribution in [3.8, 4) is 12.1 Å². The van der Waals surface area contributed by atoms with Gasteiger partial charge in [-0.2, -0.15) is 10.5 Å². The van der Waals surface area contributed by atoms with Crippen molar-refractivity contribution < 1.29 is 8.78 Å². The van der Waals surface area contributed by atoms with Gasteiger partial charge < -0.3 is 0 Å². The van der Waals surface area contributed by atoms with E-state index in [1.54, 1.807) is 6.07 Å². The van der Waals surface area contributed by atoms with E-state index in [2.05, 4.69) is 21.9 Å². The second-order valence-corrected chi connectivity index (χ2v) is 6.45. The van der Waals surface area contributed by atoms with Crippen LogP contribution in [0.15, 0.2) is 18.2 Å². The summed E-state index contributed by atoms with van der Waals surface area (Å²) in [7, 11) is 0. The van der Waals surface area contributed by atoms with Crippen molar-refractivity contribution in [2.45, 2.75) is 32.2 Å². The first kappa shape index (κ1) is 19.3. The number of rotatable bonds is 7. The Morgan fingerprint density at radius 2 is 1.88 bits per heavy atom. The van der Waals surface area contributed by atoms with Crippen LogP contribution in [0.25, 0.3) is 0 Å². The van der Waals surface area contributed by atoms with Gasteiger partial charge in [0, 0.05) is 56.8 Å². The van der Waals surface area contributed by atoms with Crippen molar-refractivity contribution in [1.82, 2.24) is 9.80 Å². The smallest absolute Gasteiger partial charge is 0.130 e. The zero-order valence-corrected chi connectivity index (χ0v) is 14.6. The summed E-state index contributed by atoms with van der Waals surface area (Å²) in [6.07, 6.45) is 1.76. The van der Waals surface area contributed by atoms with Crippen LogP contribution in [0.3, 0.4) is 0 Å². The number of hydrogen-bond donors (Lipinski definition) is 0. The summed E-state index contributed by atoms with van der Waals surface area (Å²) in [6, 6.07) is 8.10. The molecule has 4 nitrogen and oxygen atoms in total. The van der Waals surface area contributed by atoms with Crippen molar-refractivity contribution in [3.05, 3.63) is 35.4 Å². The molecule has 0 radical (unpaired) electrons. The van der Waals surface area contributed by atoms with E-state index in [-0.39, 0.29) is 12.0 Å². The summed E-state index contributed by atoms with van der Waals surface area (Å²) < 4.78 is 27.3. The largest absolute Gasteiger partial charge is 0.299 e. The van der Waals surface area contributed by atoms with Crippen LogP contribution >= 0.6 is 0 Å². The third kappa shape index (κ3) is 5.22. The highest BCUT2D eigenvalue weighted by Gasteiger charge is 2.26. The van der Waals surface area contributed by atoms with Crippen molar-refractivity contribution in [3.63, 3.8) is 0 Å². The average Bonchev–Trinajstić information content (AvgIpc) is 2.62. The summed E-state index contributed by atoms with van der Waals surface area (Å²) in [4.78, 5) is 4.46. The first-order chi connectivity index (χ1) is 12.1. The van der Waals surface area contributed by atoms with Crippen LogP contribution in [0.4, 0.5) is 8.78 Å². The normalized spacial score (nSPS) is 18.3. The lowest BCUT2D eigenvalue weighted by molar-refractivity contribution is 0.0862. The molecule has 1 aliphatic heterocycles. The number of halogens is 2. The molecule has 1 aromatic carbocycles. The molecule has 1 saturated heterocycles. The SMILES string of the molecule is CC[C@@H](c1ccc(F)cc1F)N1CCN(C[C@H](C#N)CCC#N)CC1. The topological polar surface area (TPSA) is 54.1 Å². The van der Waals surface area contributed by atoms with Gasteiger partial charge in [-0.3, -0.25) is 9.80 Å². The Bertz CT molecular complexity index is 642. The Balaban J connectivity index is 1.94. The van der Waals surface area contributed by atoms with Crippen molar-refractivity contribution in [2.75, 3.05) is 32.7 Å².